The van der Waals surface area contributed by atoms with E-state index in [4.69, 9.17) is 0 Å². The number of aromatic nitrogens is 1. The first kappa shape index (κ1) is 22.3. The fourth-order valence-electron chi connectivity index (χ4n) is 3.28. The number of pyridine rings is 1. The summed E-state index contributed by atoms with van der Waals surface area (Å²) in [5, 5.41) is 6.41. The molecular weight excluding hydrogens is 369 g/mol. The summed E-state index contributed by atoms with van der Waals surface area (Å²) < 4.78 is 37.6. The highest BCUT2D eigenvalue weighted by Gasteiger charge is 2.34. The second-order valence-corrected chi connectivity index (χ2v) is 6.87. The van der Waals surface area contributed by atoms with Crippen LogP contribution in [0.2, 0.25) is 0 Å². The zero-order chi connectivity index (χ0) is 20.6. The molecule has 0 amide bonds. The third-order valence-corrected chi connectivity index (χ3v) is 4.68. The Morgan fingerprint density at radius 2 is 2.04 bits per heavy atom. The first-order chi connectivity index (χ1) is 13.3. The van der Waals surface area contributed by atoms with E-state index in [1.807, 2.05) is 25.3 Å². The minimum Gasteiger partial charge on any atom is -0.357 e. The molecule has 1 fully saturated rings. The van der Waals surface area contributed by atoms with Gasteiger partial charge >= 0.3 is 6.18 Å². The number of guanidine groups is 1. The second kappa shape index (κ2) is 10.5. The second-order valence-electron chi connectivity index (χ2n) is 6.87. The van der Waals surface area contributed by atoms with Gasteiger partial charge in [-0.05, 0) is 38.8 Å². The molecule has 28 heavy (non-hydrogen) atoms. The summed E-state index contributed by atoms with van der Waals surface area (Å²) in [4.78, 5) is 12.7. The van der Waals surface area contributed by atoms with Crippen molar-refractivity contribution in [3.05, 3.63) is 23.9 Å². The highest BCUT2D eigenvalue weighted by Crippen LogP contribution is 2.20. The number of likely N-dealkylation sites (tertiary alicyclic amines) is 1. The van der Waals surface area contributed by atoms with Gasteiger partial charge < -0.3 is 15.5 Å². The lowest BCUT2D eigenvalue weighted by Gasteiger charge is -2.20. The molecule has 2 N–H and O–H groups in total. The van der Waals surface area contributed by atoms with Crippen molar-refractivity contribution in [3.8, 4) is 0 Å². The SMILES string of the molecule is CCNC(=NCc1ccc(N(CC)CC)nc1)NC1CCN(CC(F)(F)F)C1. The van der Waals surface area contributed by atoms with Crippen molar-refractivity contribution >= 4 is 11.8 Å². The van der Waals surface area contributed by atoms with Crippen molar-refractivity contribution in [3.63, 3.8) is 0 Å². The summed E-state index contributed by atoms with van der Waals surface area (Å²) in [6.45, 7) is 9.05. The minimum atomic E-state index is -4.15. The molecule has 2 rings (SSSR count). The number of rotatable bonds is 8. The first-order valence-electron chi connectivity index (χ1n) is 9.88. The summed E-state index contributed by atoms with van der Waals surface area (Å²) in [6.07, 6.45) is -1.67. The lowest BCUT2D eigenvalue weighted by Crippen LogP contribution is -2.45. The molecule has 0 bridgehead atoms. The maximum absolute atomic E-state index is 12.5. The fraction of sp³-hybridized carbons (Fsp3) is 0.684. The average molecular weight is 400 g/mol. The monoisotopic (exact) mass is 400 g/mol. The smallest absolute Gasteiger partial charge is 0.357 e. The van der Waals surface area contributed by atoms with Crippen LogP contribution in [-0.2, 0) is 6.54 Å². The summed E-state index contributed by atoms with van der Waals surface area (Å²) in [7, 11) is 0. The van der Waals surface area contributed by atoms with Gasteiger partial charge in [0.15, 0.2) is 5.96 Å². The molecule has 2 heterocycles. The van der Waals surface area contributed by atoms with Crippen LogP contribution in [-0.4, -0.2) is 67.3 Å². The van der Waals surface area contributed by atoms with Gasteiger partial charge in [0, 0.05) is 45.0 Å². The predicted octanol–water partition coefficient (Wildman–Crippen LogP) is 2.62. The van der Waals surface area contributed by atoms with Crippen LogP contribution in [0.1, 0.15) is 32.8 Å². The molecule has 0 spiro atoms. The highest BCUT2D eigenvalue weighted by molar-refractivity contribution is 5.80. The van der Waals surface area contributed by atoms with E-state index in [0.29, 0.717) is 38.6 Å². The molecule has 9 heteroatoms. The average Bonchev–Trinajstić information content (AvgIpc) is 3.07. The van der Waals surface area contributed by atoms with E-state index >= 15 is 0 Å². The van der Waals surface area contributed by atoms with Crippen LogP contribution in [0.5, 0.6) is 0 Å². The van der Waals surface area contributed by atoms with Gasteiger partial charge in [-0.15, -0.1) is 0 Å². The highest BCUT2D eigenvalue weighted by atomic mass is 19.4. The van der Waals surface area contributed by atoms with E-state index in [0.717, 1.165) is 24.5 Å². The van der Waals surface area contributed by atoms with Crippen LogP contribution in [0.3, 0.4) is 0 Å². The molecule has 0 radical (unpaired) electrons. The standard InChI is InChI=1S/C19H31F3N6/c1-4-23-18(26-16-9-10-27(13-16)14-19(20,21)22)25-12-15-7-8-17(24-11-15)28(5-2)6-3/h7-8,11,16H,4-6,9-10,12-14H2,1-3H3,(H2,23,25,26). The van der Waals surface area contributed by atoms with E-state index in [1.54, 1.807) is 0 Å². The number of aliphatic imine (C=N–C) groups is 1. The number of nitrogens with zero attached hydrogens (tertiary/aromatic N) is 4. The van der Waals surface area contributed by atoms with E-state index in [-0.39, 0.29) is 6.04 Å². The molecular formula is C19H31F3N6. The molecule has 1 aliphatic heterocycles. The minimum absolute atomic E-state index is 0.0386. The van der Waals surface area contributed by atoms with Crippen LogP contribution >= 0.6 is 0 Å². The molecule has 1 saturated heterocycles. The lowest BCUT2D eigenvalue weighted by molar-refractivity contribution is -0.143. The van der Waals surface area contributed by atoms with Gasteiger partial charge in [0.2, 0.25) is 0 Å². The number of halogens is 3. The zero-order valence-corrected chi connectivity index (χ0v) is 16.9. The summed E-state index contributed by atoms with van der Waals surface area (Å²) in [6, 6.07) is 3.96. The molecule has 0 aliphatic carbocycles. The first-order valence-corrected chi connectivity index (χ1v) is 9.88. The number of alkyl halides is 3. The van der Waals surface area contributed by atoms with Gasteiger partial charge in [0.1, 0.15) is 5.82 Å². The van der Waals surface area contributed by atoms with E-state index in [9.17, 15) is 13.2 Å². The Bertz CT molecular complexity index is 613. The number of hydrogen-bond acceptors (Lipinski definition) is 4. The van der Waals surface area contributed by atoms with Gasteiger partial charge in [0.25, 0.3) is 0 Å². The topological polar surface area (TPSA) is 55.8 Å². The van der Waals surface area contributed by atoms with Crippen molar-refractivity contribution in [2.75, 3.05) is 44.2 Å². The zero-order valence-electron chi connectivity index (χ0n) is 16.9. The van der Waals surface area contributed by atoms with Gasteiger partial charge in [-0.1, -0.05) is 6.07 Å². The van der Waals surface area contributed by atoms with Crippen LogP contribution in [0.4, 0.5) is 19.0 Å². The Balaban J connectivity index is 1.92. The summed E-state index contributed by atoms with van der Waals surface area (Å²) in [5.41, 5.74) is 0.984. The third kappa shape index (κ3) is 7.18. The normalized spacial score (nSPS) is 18.4. The fourth-order valence-corrected chi connectivity index (χ4v) is 3.28. The van der Waals surface area contributed by atoms with Gasteiger partial charge in [0.05, 0.1) is 13.1 Å². The quantitative estimate of drug-likeness (QED) is 0.519. The van der Waals surface area contributed by atoms with Crippen LogP contribution < -0.4 is 15.5 Å². The number of nitrogens with one attached hydrogen (secondary N) is 2. The third-order valence-electron chi connectivity index (χ3n) is 4.68. The van der Waals surface area contributed by atoms with Gasteiger partial charge in [-0.25, -0.2) is 9.98 Å². The number of hydrogen-bond donors (Lipinski definition) is 2. The Labute approximate surface area is 165 Å². The molecule has 1 aromatic rings. The van der Waals surface area contributed by atoms with E-state index in [1.165, 1.54) is 4.90 Å². The Morgan fingerprint density at radius 1 is 1.29 bits per heavy atom. The lowest BCUT2D eigenvalue weighted by atomic mass is 10.2. The van der Waals surface area contributed by atoms with Crippen molar-refractivity contribution in [1.29, 1.82) is 0 Å². The van der Waals surface area contributed by atoms with Gasteiger partial charge in [-0.2, -0.15) is 13.2 Å². The van der Waals surface area contributed by atoms with Crippen molar-refractivity contribution in [1.82, 2.24) is 20.5 Å². The molecule has 0 saturated carbocycles. The maximum Gasteiger partial charge on any atom is 0.401 e. The molecule has 6 nitrogen and oxygen atoms in total. The van der Waals surface area contributed by atoms with E-state index in [2.05, 4.69) is 39.4 Å². The van der Waals surface area contributed by atoms with Crippen molar-refractivity contribution in [2.45, 2.75) is 46.0 Å². The Hall–Kier alpha value is -2.03. The van der Waals surface area contributed by atoms with E-state index < -0.39 is 12.7 Å². The Morgan fingerprint density at radius 3 is 2.61 bits per heavy atom. The molecule has 1 aromatic heterocycles. The van der Waals surface area contributed by atoms with Crippen LogP contribution in [0, 0.1) is 0 Å². The number of anilines is 1. The summed E-state index contributed by atoms with van der Waals surface area (Å²) in [5.74, 6) is 1.56. The van der Waals surface area contributed by atoms with Crippen LogP contribution in [0.25, 0.3) is 0 Å². The molecule has 1 atom stereocenters. The Kier molecular flexibility index (Phi) is 8.35. The molecule has 1 unspecified atom stereocenters. The predicted molar refractivity (Wildman–Crippen MR) is 107 cm³/mol. The largest absolute Gasteiger partial charge is 0.401 e. The van der Waals surface area contributed by atoms with Crippen LogP contribution in [0.15, 0.2) is 23.3 Å². The van der Waals surface area contributed by atoms with Crippen molar-refractivity contribution < 1.29 is 13.2 Å². The van der Waals surface area contributed by atoms with Gasteiger partial charge in [-0.3, -0.25) is 4.90 Å². The molecule has 1 aliphatic rings. The van der Waals surface area contributed by atoms with Crippen molar-refractivity contribution in [2.24, 2.45) is 4.99 Å². The molecule has 158 valence electrons. The molecule has 0 aromatic carbocycles. The summed E-state index contributed by atoms with van der Waals surface area (Å²) >= 11 is 0. The maximum atomic E-state index is 12.5.